The molecule has 4 aromatic rings. The predicted octanol–water partition coefficient (Wildman–Crippen LogP) is 6.09. The molecule has 2 nitrogen and oxygen atoms in total. The Morgan fingerprint density at radius 1 is 0.640 bits per heavy atom. The van der Waals surface area contributed by atoms with Crippen LogP contribution in [0.4, 0.5) is 0 Å². The number of fused-ring (bicyclic) bond motifs is 1. The van der Waals surface area contributed by atoms with Gasteiger partial charge in [-0.25, -0.2) is 9.97 Å². The summed E-state index contributed by atoms with van der Waals surface area (Å²) < 4.78 is 0. The zero-order valence-corrected chi connectivity index (χ0v) is 14.5. The summed E-state index contributed by atoms with van der Waals surface area (Å²) in [5, 5.41) is 1.09. The minimum atomic E-state index is 0.292. The first-order valence-electron chi connectivity index (χ1n) is 8.65. The Bertz CT molecular complexity index is 1020. The third-order valence-electron chi connectivity index (χ3n) is 4.38. The summed E-state index contributed by atoms with van der Waals surface area (Å²) in [6.07, 6.45) is 0. The standard InChI is InChI=1S/C23H20N2/c1-16(2)23-24-21-14-7-6-13-20(21)22(25-23)19-12-8-11-18(15-19)17-9-4-3-5-10-17/h3-16H,1-2H3. The molecule has 2 heteroatoms. The Morgan fingerprint density at radius 3 is 2.12 bits per heavy atom. The third-order valence-corrected chi connectivity index (χ3v) is 4.38. The molecular formula is C23H20N2. The van der Waals surface area contributed by atoms with Crippen molar-refractivity contribution in [1.82, 2.24) is 9.97 Å². The Balaban J connectivity index is 1.93. The van der Waals surface area contributed by atoms with Crippen LogP contribution in [0.25, 0.3) is 33.3 Å². The van der Waals surface area contributed by atoms with Crippen LogP contribution in [0, 0.1) is 0 Å². The second-order valence-corrected chi connectivity index (χ2v) is 6.55. The van der Waals surface area contributed by atoms with Crippen LogP contribution in [0.3, 0.4) is 0 Å². The van der Waals surface area contributed by atoms with Gasteiger partial charge in [-0.1, -0.05) is 80.6 Å². The van der Waals surface area contributed by atoms with Crippen molar-refractivity contribution in [3.05, 3.63) is 84.7 Å². The van der Waals surface area contributed by atoms with Crippen LogP contribution in [0.5, 0.6) is 0 Å². The normalized spacial score (nSPS) is 11.2. The van der Waals surface area contributed by atoms with E-state index in [1.165, 1.54) is 11.1 Å². The highest BCUT2D eigenvalue weighted by molar-refractivity contribution is 5.93. The molecule has 3 aromatic carbocycles. The smallest absolute Gasteiger partial charge is 0.132 e. The van der Waals surface area contributed by atoms with Crippen molar-refractivity contribution in [1.29, 1.82) is 0 Å². The number of hydrogen-bond acceptors (Lipinski definition) is 2. The molecule has 0 amide bonds. The van der Waals surface area contributed by atoms with Crippen molar-refractivity contribution in [2.45, 2.75) is 19.8 Å². The van der Waals surface area contributed by atoms with Gasteiger partial charge in [-0.05, 0) is 23.3 Å². The highest BCUT2D eigenvalue weighted by Crippen LogP contribution is 2.30. The average molecular weight is 324 g/mol. The maximum Gasteiger partial charge on any atom is 0.132 e. The number of rotatable bonds is 3. The van der Waals surface area contributed by atoms with Gasteiger partial charge in [-0.2, -0.15) is 0 Å². The van der Waals surface area contributed by atoms with Crippen molar-refractivity contribution < 1.29 is 0 Å². The molecule has 0 atom stereocenters. The number of nitrogens with zero attached hydrogens (tertiary/aromatic N) is 2. The zero-order valence-electron chi connectivity index (χ0n) is 14.5. The van der Waals surface area contributed by atoms with Crippen molar-refractivity contribution >= 4 is 10.9 Å². The minimum absolute atomic E-state index is 0.292. The fourth-order valence-electron chi connectivity index (χ4n) is 3.05. The van der Waals surface area contributed by atoms with Crippen LogP contribution >= 0.6 is 0 Å². The molecule has 0 N–H and O–H groups in total. The van der Waals surface area contributed by atoms with E-state index in [0.29, 0.717) is 5.92 Å². The second kappa shape index (κ2) is 6.48. The Morgan fingerprint density at radius 2 is 1.32 bits per heavy atom. The minimum Gasteiger partial charge on any atom is -0.233 e. The topological polar surface area (TPSA) is 25.8 Å². The van der Waals surface area contributed by atoms with E-state index < -0.39 is 0 Å². The molecule has 0 radical (unpaired) electrons. The monoisotopic (exact) mass is 324 g/mol. The fourth-order valence-corrected chi connectivity index (χ4v) is 3.05. The molecule has 0 saturated heterocycles. The average Bonchev–Trinajstić information content (AvgIpc) is 2.68. The van der Waals surface area contributed by atoms with Gasteiger partial charge < -0.3 is 0 Å². The van der Waals surface area contributed by atoms with Crippen LogP contribution in [-0.2, 0) is 0 Å². The zero-order chi connectivity index (χ0) is 17.2. The Kier molecular flexibility index (Phi) is 4.02. The van der Waals surface area contributed by atoms with E-state index >= 15 is 0 Å². The van der Waals surface area contributed by atoms with Gasteiger partial charge in [0.05, 0.1) is 11.2 Å². The first kappa shape index (κ1) is 15.5. The van der Waals surface area contributed by atoms with Gasteiger partial charge >= 0.3 is 0 Å². The molecule has 0 unspecified atom stereocenters. The van der Waals surface area contributed by atoms with Gasteiger partial charge in [-0.15, -0.1) is 0 Å². The van der Waals surface area contributed by atoms with Crippen LogP contribution in [-0.4, -0.2) is 9.97 Å². The lowest BCUT2D eigenvalue weighted by Gasteiger charge is -2.12. The van der Waals surface area contributed by atoms with E-state index in [1.807, 2.05) is 18.2 Å². The summed E-state index contributed by atoms with van der Waals surface area (Å²) in [5.41, 5.74) is 5.55. The van der Waals surface area contributed by atoms with Gasteiger partial charge in [0.25, 0.3) is 0 Å². The first-order chi connectivity index (χ1) is 12.2. The van der Waals surface area contributed by atoms with E-state index in [-0.39, 0.29) is 0 Å². The molecule has 25 heavy (non-hydrogen) atoms. The van der Waals surface area contributed by atoms with Gasteiger partial charge in [0.1, 0.15) is 5.82 Å². The molecule has 0 aliphatic carbocycles. The van der Waals surface area contributed by atoms with E-state index in [4.69, 9.17) is 9.97 Å². The lowest BCUT2D eigenvalue weighted by molar-refractivity contribution is 0.784. The highest BCUT2D eigenvalue weighted by atomic mass is 14.9. The molecule has 0 aliphatic rings. The first-order valence-corrected chi connectivity index (χ1v) is 8.65. The highest BCUT2D eigenvalue weighted by Gasteiger charge is 2.12. The summed E-state index contributed by atoms with van der Waals surface area (Å²) in [6, 6.07) is 27.3. The van der Waals surface area contributed by atoms with Gasteiger partial charge in [0, 0.05) is 16.9 Å². The van der Waals surface area contributed by atoms with Crippen LogP contribution in [0.1, 0.15) is 25.6 Å². The molecule has 0 bridgehead atoms. The third kappa shape index (κ3) is 3.03. The molecule has 0 spiro atoms. The quantitative estimate of drug-likeness (QED) is 0.456. The summed E-state index contributed by atoms with van der Waals surface area (Å²) in [7, 11) is 0. The Labute approximate surface area is 148 Å². The molecule has 0 fully saturated rings. The molecule has 1 heterocycles. The molecule has 4 rings (SSSR count). The van der Waals surface area contributed by atoms with E-state index in [0.717, 1.165) is 28.0 Å². The largest absolute Gasteiger partial charge is 0.233 e. The fraction of sp³-hybridized carbons (Fsp3) is 0.130. The van der Waals surface area contributed by atoms with Crippen molar-refractivity contribution in [2.75, 3.05) is 0 Å². The lowest BCUT2D eigenvalue weighted by Crippen LogP contribution is -2.00. The van der Waals surface area contributed by atoms with Crippen LogP contribution < -0.4 is 0 Å². The van der Waals surface area contributed by atoms with Gasteiger partial charge in [0.15, 0.2) is 0 Å². The number of hydrogen-bond donors (Lipinski definition) is 0. The van der Waals surface area contributed by atoms with Crippen molar-refractivity contribution in [2.24, 2.45) is 0 Å². The molecule has 0 saturated carbocycles. The van der Waals surface area contributed by atoms with Gasteiger partial charge in [-0.3, -0.25) is 0 Å². The SMILES string of the molecule is CC(C)c1nc(-c2cccc(-c3ccccc3)c2)c2ccccc2n1. The second-order valence-electron chi connectivity index (χ2n) is 6.55. The number of benzene rings is 3. The molecule has 0 aliphatic heterocycles. The molecular weight excluding hydrogens is 304 g/mol. The van der Waals surface area contributed by atoms with Crippen LogP contribution in [0.15, 0.2) is 78.9 Å². The van der Waals surface area contributed by atoms with Crippen molar-refractivity contribution in [3.8, 4) is 22.4 Å². The van der Waals surface area contributed by atoms with E-state index in [9.17, 15) is 0 Å². The summed E-state index contributed by atoms with van der Waals surface area (Å²) in [5.74, 6) is 1.18. The maximum absolute atomic E-state index is 4.89. The van der Waals surface area contributed by atoms with E-state index in [1.54, 1.807) is 0 Å². The van der Waals surface area contributed by atoms with E-state index in [2.05, 4.69) is 74.5 Å². The molecule has 122 valence electrons. The van der Waals surface area contributed by atoms with Gasteiger partial charge in [0.2, 0.25) is 0 Å². The lowest BCUT2D eigenvalue weighted by atomic mass is 9.99. The summed E-state index contributed by atoms with van der Waals surface area (Å²) >= 11 is 0. The van der Waals surface area contributed by atoms with Crippen LogP contribution in [0.2, 0.25) is 0 Å². The van der Waals surface area contributed by atoms with Crippen molar-refractivity contribution in [3.63, 3.8) is 0 Å². The number of para-hydroxylation sites is 1. The predicted molar refractivity (Wildman–Crippen MR) is 104 cm³/mol. The number of aromatic nitrogens is 2. The maximum atomic E-state index is 4.89. The Hall–Kier alpha value is -3.00. The molecule has 1 aromatic heterocycles. The summed E-state index contributed by atoms with van der Waals surface area (Å²) in [4.78, 5) is 9.62. The summed E-state index contributed by atoms with van der Waals surface area (Å²) in [6.45, 7) is 4.27.